The number of ether oxygens (including phenoxy) is 2. The van der Waals surface area contributed by atoms with Crippen LogP contribution in [0, 0.1) is 23.7 Å². The Morgan fingerprint density at radius 1 is 0.868 bits per heavy atom. The van der Waals surface area contributed by atoms with Crippen LogP contribution >= 0.6 is 0 Å². The van der Waals surface area contributed by atoms with Gasteiger partial charge >= 0.3 is 5.97 Å². The molecule has 0 bridgehead atoms. The SMILES string of the molecule is [N-]=[N+]=NC1C(C(=O)c2ccccc2)OC(OC(=O)c2ccccc2C#CC2CC2)C1C(=O)c1ccccc1. The molecule has 5 rings (SSSR count). The molecule has 1 aliphatic heterocycles. The standard InChI is InChI=1S/C30H23N3O5/c31-33-32-25-24(26(34)21-10-3-1-4-11-21)30(37-28(25)27(35)22-12-5-2-6-13-22)38-29(36)23-14-8-7-9-20(23)18-17-19-15-16-19/h1-14,19,24-25,28,30H,15-16H2. The van der Waals surface area contributed by atoms with Gasteiger partial charge in [0.05, 0.1) is 17.5 Å². The van der Waals surface area contributed by atoms with Gasteiger partial charge in [-0.2, -0.15) is 0 Å². The monoisotopic (exact) mass is 505 g/mol. The molecule has 8 heteroatoms. The van der Waals surface area contributed by atoms with Crippen molar-refractivity contribution in [3.05, 3.63) is 118 Å². The molecule has 3 aromatic carbocycles. The average Bonchev–Trinajstić information content (AvgIpc) is 3.73. The molecule has 1 aliphatic carbocycles. The molecule has 4 unspecified atom stereocenters. The highest BCUT2D eigenvalue weighted by atomic mass is 16.7. The summed E-state index contributed by atoms with van der Waals surface area (Å²) in [4.78, 5) is 43.2. The number of ketones is 2. The number of nitrogens with zero attached hydrogens (tertiary/aromatic N) is 3. The first-order chi connectivity index (χ1) is 18.6. The average molecular weight is 506 g/mol. The summed E-state index contributed by atoms with van der Waals surface area (Å²) in [6, 6.07) is 22.2. The molecule has 0 spiro atoms. The van der Waals surface area contributed by atoms with Crippen LogP contribution in [0.1, 0.15) is 49.5 Å². The van der Waals surface area contributed by atoms with E-state index in [1.165, 1.54) is 0 Å². The van der Waals surface area contributed by atoms with Crippen LogP contribution in [0.4, 0.5) is 0 Å². The third-order valence-corrected chi connectivity index (χ3v) is 6.47. The number of azide groups is 1. The Hall–Kier alpha value is -4.70. The maximum atomic E-state index is 13.6. The highest BCUT2D eigenvalue weighted by Gasteiger charge is 2.53. The molecule has 0 radical (unpaired) electrons. The quantitative estimate of drug-likeness (QED) is 0.107. The molecular weight excluding hydrogens is 482 g/mol. The summed E-state index contributed by atoms with van der Waals surface area (Å²) in [5.74, 6) is 3.56. The molecule has 4 atom stereocenters. The van der Waals surface area contributed by atoms with Crippen LogP contribution in [-0.2, 0) is 9.47 Å². The third kappa shape index (κ3) is 5.35. The fraction of sp³-hybridized carbons (Fsp3) is 0.233. The largest absolute Gasteiger partial charge is 0.431 e. The van der Waals surface area contributed by atoms with Crippen LogP contribution in [-0.4, -0.2) is 36.0 Å². The molecule has 0 aromatic heterocycles. The molecule has 8 nitrogen and oxygen atoms in total. The summed E-state index contributed by atoms with van der Waals surface area (Å²) in [5, 5.41) is 3.78. The number of esters is 1. The summed E-state index contributed by atoms with van der Waals surface area (Å²) in [5.41, 5.74) is 10.7. The lowest BCUT2D eigenvalue weighted by atomic mass is 9.88. The molecule has 1 saturated heterocycles. The number of carbonyl (C=O) groups is 3. The Bertz CT molecular complexity index is 1470. The number of benzene rings is 3. The van der Waals surface area contributed by atoms with Crippen molar-refractivity contribution in [2.24, 2.45) is 17.0 Å². The van der Waals surface area contributed by atoms with Crippen molar-refractivity contribution < 1.29 is 23.9 Å². The van der Waals surface area contributed by atoms with Gasteiger partial charge in [0.2, 0.25) is 6.29 Å². The van der Waals surface area contributed by atoms with Gasteiger partial charge in [0.15, 0.2) is 11.6 Å². The van der Waals surface area contributed by atoms with Crippen LogP contribution in [0.25, 0.3) is 10.4 Å². The van der Waals surface area contributed by atoms with Gasteiger partial charge < -0.3 is 9.47 Å². The number of carbonyl (C=O) groups excluding carboxylic acids is 3. The van der Waals surface area contributed by atoms with Crippen molar-refractivity contribution in [3.63, 3.8) is 0 Å². The van der Waals surface area contributed by atoms with E-state index in [0.717, 1.165) is 12.8 Å². The highest BCUT2D eigenvalue weighted by molar-refractivity contribution is 6.03. The van der Waals surface area contributed by atoms with Crippen molar-refractivity contribution in [3.8, 4) is 11.8 Å². The number of hydrogen-bond donors (Lipinski definition) is 0. The van der Waals surface area contributed by atoms with Gasteiger partial charge in [-0.25, -0.2) is 4.79 Å². The van der Waals surface area contributed by atoms with Crippen molar-refractivity contribution in [1.29, 1.82) is 0 Å². The summed E-state index contributed by atoms with van der Waals surface area (Å²) in [6.07, 6.45) is -0.714. The van der Waals surface area contributed by atoms with Crippen molar-refractivity contribution in [2.45, 2.75) is 31.3 Å². The van der Waals surface area contributed by atoms with Gasteiger partial charge in [-0.05, 0) is 30.5 Å². The zero-order valence-electron chi connectivity index (χ0n) is 20.3. The molecule has 2 fully saturated rings. The lowest BCUT2D eigenvalue weighted by Crippen LogP contribution is -2.36. The van der Waals surface area contributed by atoms with E-state index in [2.05, 4.69) is 21.9 Å². The fourth-order valence-electron chi connectivity index (χ4n) is 4.36. The van der Waals surface area contributed by atoms with Gasteiger partial charge in [-0.3, -0.25) is 9.59 Å². The lowest BCUT2D eigenvalue weighted by Gasteiger charge is -2.20. The molecule has 1 saturated carbocycles. The molecular formula is C30H23N3O5. The van der Waals surface area contributed by atoms with Gasteiger partial charge in [-0.15, -0.1) is 0 Å². The molecule has 0 N–H and O–H groups in total. The van der Waals surface area contributed by atoms with Crippen molar-refractivity contribution in [1.82, 2.24) is 0 Å². The van der Waals surface area contributed by atoms with E-state index in [-0.39, 0.29) is 5.56 Å². The van der Waals surface area contributed by atoms with Crippen LogP contribution in [0.3, 0.4) is 0 Å². The van der Waals surface area contributed by atoms with Gasteiger partial charge in [0.25, 0.3) is 0 Å². The van der Waals surface area contributed by atoms with E-state index < -0.39 is 41.9 Å². The molecule has 188 valence electrons. The molecule has 1 heterocycles. The normalized spacial score (nSPS) is 21.9. The minimum absolute atomic E-state index is 0.216. The molecule has 0 amide bonds. The van der Waals surface area contributed by atoms with Gasteiger partial charge in [-0.1, -0.05) is 89.8 Å². The smallest absolute Gasteiger partial charge is 0.341 e. The van der Waals surface area contributed by atoms with Gasteiger partial charge in [0.1, 0.15) is 6.10 Å². The van der Waals surface area contributed by atoms with E-state index in [1.54, 1.807) is 84.9 Å². The Labute approximate surface area is 219 Å². The number of rotatable bonds is 7. The second kappa shape index (κ2) is 11.1. The summed E-state index contributed by atoms with van der Waals surface area (Å²) in [7, 11) is 0. The topological polar surface area (TPSA) is 118 Å². The maximum absolute atomic E-state index is 13.6. The summed E-state index contributed by atoms with van der Waals surface area (Å²) < 4.78 is 11.6. The Balaban J connectivity index is 1.50. The van der Waals surface area contributed by atoms with Crippen molar-refractivity contribution in [2.75, 3.05) is 0 Å². The van der Waals surface area contributed by atoms with Crippen molar-refractivity contribution >= 4 is 17.5 Å². The molecule has 3 aromatic rings. The number of Topliss-reactive ketones (excluding diaryl/α,β-unsaturated/α-hetero) is 2. The fourth-order valence-corrected chi connectivity index (χ4v) is 4.36. The minimum Gasteiger partial charge on any atom is -0.431 e. The van der Waals surface area contributed by atoms with Crippen LogP contribution < -0.4 is 0 Å². The Kier molecular flexibility index (Phi) is 7.32. The second-order valence-electron chi connectivity index (χ2n) is 9.10. The first kappa shape index (κ1) is 25.0. The summed E-state index contributed by atoms with van der Waals surface area (Å²) in [6.45, 7) is 0. The van der Waals surface area contributed by atoms with E-state index in [4.69, 9.17) is 9.47 Å². The lowest BCUT2D eigenvalue weighted by molar-refractivity contribution is -0.104. The first-order valence-corrected chi connectivity index (χ1v) is 12.3. The molecule has 38 heavy (non-hydrogen) atoms. The Morgan fingerprint density at radius 2 is 1.47 bits per heavy atom. The van der Waals surface area contributed by atoms with Crippen LogP contribution in [0.5, 0.6) is 0 Å². The molecule has 2 aliphatic rings. The van der Waals surface area contributed by atoms with E-state index >= 15 is 0 Å². The third-order valence-electron chi connectivity index (χ3n) is 6.47. The van der Waals surface area contributed by atoms with E-state index in [9.17, 15) is 19.9 Å². The van der Waals surface area contributed by atoms with E-state index in [0.29, 0.717) is 22.6 Å². The predicted molar refractivity (Wildman–Crippen MR) is 138 cm³/mol. The van der Waals surface area contributed by atoms with Crippen LogP contribution in [0.2, 0.25) is 0 Å². The zero-order chi connectivity index (χ0) is 26.5. The maximum Gasteiger partial charge on any atom is 0.341 e. The highest BCUT2D eigenvalue weighted by Crippen LogP contribution is 2.36. The Morgan fingerprint density at radius 3 is 2.11 bits per heavy atom. The second-order valence-corrected chi connectivity index (χ2v) is 9.10. The van der Waals surface area contributed by atoms with Crippen LogP contribution in [0.15, 0.2) is 90.0 Å². The number of hydrogen-bond acceptors (Lipinski definition) is 6. The first-order valence-electron chi connectivity index (χ1n) is 12.3. The minimum atomic E-state index is -1.46. The van der Waals surface area contributed by atoms with E-state index in [1.807, 2.05) is 0 Å². The predicted octanol–water partition coefficient (Wildman–Crippen LogP) is 5.39. The summed E-state index contributed by atoms with van der Waals surface area (Å²) >= 11 is 0. The zero-order valence-corrected chi connectivity index (χ0v) is 20.3. The van der Waals surface area contributed by atoms with Gasteiger partial charge in [0, 0.05) is 27.5 Å².